The molecule has 174 valence electrons. The van der Waals surface area contributed by atoms with Crippen molar-refractivity contribution in [2.45, 2.75) is 52.4 Å². The van der Waals surface area contributed by atoms with Crippen LogP contribution in [0.3, 0.4) is 0 Å². The zero-order valence-corrected chi connectivity index (χ0v) is 21.5. The quantitative estimate of drug-likeness (QED) is 0.213. The summed E-state index contributed by atoms with van der Waals surface area (Å²) in [7, 11) is 9.75. The Bertz CT molecular complexity index is 743. The Morgan fingerprint density at radius 3 is 1.55 bits per heavy atom. The number of hydrogen-bond donors (Lipinski definition) is 0. The molecule has 0 fully saturated rings. The molecule has 0 aliphatic carbocycles. The number of carbonyl (C=O) groups is 2. The van der Waals surface area contributed by atoms with Gasteiger partial charge in [0.1, 0.15) is 0 Å². The fourth-order valence-corrected chi connectivity index (χ4v) is 2.60. The molecule has 0 saturated heterocycles. The summed E-state index contributed by atoms with van der Waals surface area (Å²) >= 11 is -0.472. The maximum atomic E-state index is 12.2. The van der Waals surface area contributed by atoms with Crippen LogP contribution >= 0.6 is 18.8 Å². The van der Waals surface area contributed by atoms with Crippen molar-refractivity contribution in [3.63, 3.8) is 0 Å². The first-order chi connectivity index (χ1) is 15.1. The number of rotatable bonds is 11. The molecular formula is C22H28Cl2N2O4Pt. The zero-order valence-electron chi connectivity index (χ0n) is 17.7. The van der Waals surface area contributed by atoms with Crippen LogP contribution in [0, 0.1) is 0 Å². The van der Waals surface area contributed by atoms with E-state index in [4.69, 9.17) is 28.3 Å². The number of halogens is 2. The van der Waals surface area contributed by atoms with Gasteiger partial charge in [0, 0.05) is 12.4 Å². The second-order valence-corrected chi connectivity index (χ2v) is 9.87. The molecule has 0 radical (unpaired) electrons. The molecule has 0 spiro atoms. The van der Waals surface area contributed by atoms with Crippen molar-refractivity contribution < 1.29 is 35.5 Å². The second-order valence-electron chi connectivity index (χ2n) is 6.59. The molecule has 0 amide bonds. The van der Waals surface area contributed by atoms with Gasteiger partial charge in [-0.25, -0.2) is 9.59 Å². The summed E-state index contributed by atoms with van der Waals surface area (Å²) in [5.41, 5.74) is 1.83. The van der Waals surface area contributed by atoms with Crippen LogP contribution in [-0.2, 0) is 26.0 Å². The van der Waals surface area contributed by atoms with Crippen LogP contribution in [-0.4, -0.2) is 35.1 Å². The van der Waals surface area contributed by atoms with E-state index in [1.165, 1.54) is 12.4 Å². The maximum absolute atomic E-state index is 12.2. The van der Waals surface area contributed by atoms with E-state index < -0.39 is 16.5 Å². The van der Waals surface area contributed by atoms with E-state index in [9.17, 15) is 9.59 Å². The number of aromatic nitrogens is 2. The van der Waals surface area contributed by atoms with Crippen LogP contribution < -0.4 is 0 Å². The Balaban J connectivity index is 0.00000151. The van der Waals surface area contributed by atoms with Gasteiger partial charge in [-0.05, 0) is 37.1 Å². The Kier molecular flexibility index (Phi) is 15.2. The SMILES string of the molecule is CCCCCOC(=O)c1ccnc(-c2cc(C(=O)OCCCCC)ccn2)c1.[Cl][Pt][Cl]. The second kappa shape index (κ2) is 17.1. The summed E-state index contributed by atoms with van der Waals surface area (Å²) in [6.45, 7) is 5.00. The van der Waals surface area contributed by atoms with Gasteiger partial charge in [0.2, 0.25) is 0 Å². The monoisotopic (exact) mass is 649 g/mol. The Morgan fingerprint density at radius 2 is 1.19 bits per heavy atom. The van der Waals surface area contributed by atoms with Gasteiger partial charge >= 0.3 is 47.3 Å². The average Bonchev–Trinajstić information content (AvgIpc) is 2.80. The number of unbranched alkanes of at least 4 members (excludes halogenated alkanes) is 4. The van der Waals surface area contributed by atoms with Crippen LogP contribution in [0.2, 0.25) is 0 Å². The van der Waals surface area contributed by atoms with Crippen molar-refractivity contribution >= 4 is 30.8 Å². The molecule has 0 N–H and O–H groups in total. The van der Waals surface area contributed by atoms with E-state index in [2.05, 4.69) is 23.8 Å². The molecule has 2 aromatic rings. The molecule has 0 bridgehead atoms. The van der Waals surface area contributed by atoms with Crippen molar-refractivity contribution in [2.24, 2.45) is 0 Å². The predicted molar refractivity (Wildman–Crippen MR) is 119 cm³/mol. The predicted octanol–water partition coefficient (Wildman–Crippen LogP) is 6.21. The summed E-state index contributed by atoms with van der Waals surface area (Å²) in [5, 5.41) is 0. The minimum atomic E-state index is -0.472. The average molecular weight is 650 g/mol. The van der Waals surface area contributed by atoms with Gasteiger partial charge in [-0.3, -0.25) is 9.97 Å². The van der Waals surface area contributed by atoms with Crippen molar-refractivity contribution in [3.05, 3.63) is 47.8 Å². The van der Waals surface area contributed by atoms with Gasteiger partial charge < -0.3 is 9.47 Å². The molecule has 2 heterocycles. The van der Waals surface area contributed by atoms with Crippen molar-refractivity contribution in [1.29, 1.82) is 0 Å². The summed E-state index contributed by atoms with van der Waals surface area (Å²) < 4.78 is 10.6. The van der Waals surface area contributed by atoms with Gasteiger partial charge in [0.25, 0.3) is 0 Å². The summed E-state index contributed by atoms with van der Waals surface area (Å²) in [6, 6.07) is 6.47. The van der Waals surface area contributed by atoms with Crippen molar-refractivity contribution in [1.82, 2.24) is 9.97 Å². The molecule has 0 unspecified atom stereocenters. The Morgan fingerprint density at radius 1 is 0.806 bits per heavy atom. The first-order valence-electron chi connectivity index (χ1n) is 10.2. The van der Waals surface area contributed by atoms with Crippen LogP contribution in [0.1, 0.15) is 73.1 Å². The fraction of sp³-hybridized carbons (Fsp3) is 0.455. The Labute approximate surface area is 200 Å². The number of hydrogen-bond acceptors (Lipinski definition) is 6. The molecule has 0 saturated carbocycles. The molecule has 0 aliphatic rings. The molecule has 2 aromatic heterocycles. The number of ether oxygens (including phenoxy) is 2. The zero-order chi connectivity index (χ0) is 22.9. The standard InChI is InChI=1S/C22H28N2O4.2ClH.Pt/c1-3-5-7-13-27-21(25)17-9-11-23-19(15-17)20-16-18(10-12-24-20)22(26)28-14-8-6-4-2;;;/h9-12,15-16H,3-8,13-14H2,1-2H3;2*1H;/q;;;+2/p-2. The van der Waals surface area contributed by atoms with E-state index in [1.807, 2.05) is 0 Å². The first-order valence-corrected chi connectivity index (χ1v) is 15.8. The number of nitrogens with zero attached hydrogens (tertiary/aromatic N) is 2. The molecule has 31 heavy (non-hydrogen) atoms. The van der Waals surface area contributed by atoms with Crippen LogP contribution in [0.15, 0.2) is 36.7 Å². The molecule has 0 aliphatic heterocycles. The van der Waals surface area contributed by atoms with Gasteiger partial charge in [-0.2, -0.15) is 0 Å². The van der Waals surface area contributed by atoms with E-state index in [1.54, 1.807) is 24.3 Å². The van der Waals surface area contributed by atoms with Gasteiger partial charge in [-0.15, -0.1) is 0 Å². The van der Waals surface area contributed by atoms with E-state index >= 15 is 0 Å². The van der Waals surface area contributed by atoms with Crippen LogP contribution in [0.5, 0.6) is 0 Å². The topological polar surface area (TPSA) is 78.4 Å². The molecule has 0 aromatic carbocycles. The summed E-state index contributed by atoms with van der Waals surface area (Å²) in [4.78, 5) is 32.9. The van der Waals surface area contributed by atoms with Crippen molar-refractivity contribution in [3.8, 4) is 11.4 Å². The molecule has 2 rings (SSSR count). The minimum absolute atomic E-state index is 0.383. The van der Waals surface area contributed by atoms with Crippen LogP contribution in [0.25, 0.3) is 11.4 Å². The molecule has 9 heteroatoms. The third-order valence-corrected chi connectivity index (χ3v) is 4.22. The van der Waals surface area contributed by atoms with E-state index in [-0.39, 0.29) is 11.9 Å². The Hall–Kier alpha value is -1.49. The van der Waals surface area contributed by atoms with Crippen LogP contribution in [0.4, 0.5) is 0 Å². The molecular weight excluding hydrogens is 622 g/mol. The third-order valence-electron chi connectivity index (χ3n) is 4.22. The fourth-order valence-electron chi connectivity index (χ4n) is 2.60. The van der Waals surface area contributed by atoms with Gasteiger partial charge in [-0.1, -0.05) is 39.5 Å². The van der Waals surface area contributed by atoms with Gasteiger partial charge in [0.15, 0.2) is 0 Å². The normalized spacial score (nSPS) is 10.2. The van der Waals surface area contributed by atoms with E-state index in [0.29, 0.717) is 35.7 Å². The number of pyridine rings is 2. The summed E-state index contributed by atoms with van der Waals surface area (Å²) in [5.74, 6) is -0.766. The molecule has 0 atom stereocenters. The first kappa shape index (κ1) is 27.5. The van der Waals surface area contributed by atoms with Gasteiger partial charge in [0.05, 0.1) is 35.7 Å². The molecule has 6 nitrogen and oxygen atoms in total. The number of esters is 2. The van der Waals surface area contributed by atoms with E-state index in [0.717, 1.165) is 38.5 Å². The summed E-state index contributed by atoms with van der Waals surface area (Å²) in [6.07, 6.45) is 8.97. The third kappa shape index (κ3) is 11.1. The van der Waals surface area contributed by atoms with Crippen molar-refractivity contribution in [2.75, 3.05) is 13.2 Å². The number of carbonyl (C=O) groups excluding carboxylic acids is 2.